The molecule has 0 aromatic heterocycles. The molecule has 0 aliphatic heterocycles. The highest BCUT2D eigenvalue weighted by molar-refractivity contribution is 5.74. The summed E-state index contributed by atoms with van der Waals surface area (Å²) < 4.78 is 52.3. The zero-order chi connectivity index (χ0) is 18.6. The molecule has 25 heavy (non-hydrogen) atoms. The molecular weight excluding hydrogens is 336 g/mol. The molecule has 0 fully saturated rings. The van der Waals surface area contributed by atoms with Crippen LogP contribution in [0.2, 0.25) is 0 Å². The number of urea groups is 1. The second-order valence-electron chi connectivity index (χ2n) is 5.74. The Morgan fingerprint density at radius 1 is 1.16 bits per heavy atom. The lowest BCUT2D eigenvalue weighted by molar-refractivity contribution is -0.138. The Labute approximate surface area is 143 Å². The first kappa shape index (κ1) is 18.8. The van der Waals surface area contributed by atoms with E-state index in [1.165, 1.54) is 43.4 Å². The zero-order valence-electron chi connectivity index (χ0n) is 13.8. The van der Waals surface area contributed by atoms with Gasteiger partial charge in [0.25, 0.3) is 0 Å². The third kappa shape index (κ3) is 4.95. The minimum atomic E-state index is -4.48. The molecule has 0 heterocycles. The van der Waals surface area contributed by atoms with Crippen LogP contribution in [-0.2, 0) is 12.7 Å². The molecule has 2 aromatic carbocycles. The lowest BCUT2D eigenvalue weighted by Crippen LogP contribution is -2.38. The summed E-state index contributed by atoms with van der Waals surface area (Å²) in [6.45, 7) is 1.47. The van der Waals surface area contributed by atoms with Gasteiger partial charge in [0, 0.05) is 13.6 Å². The van der Waals surface area contributed by atoms with E-state index < -0.39 is 29.6 Å². The van der Waals surface area contributed by atoms with Crippen molar-refractivity contribution in [1.29, 1.82) is 0 Å². The van der Waals surface area contributed by atoms with Crippen LogP contribution >= 0.6 is 0 Å². The van der Waals surface area contributed by atoms with Crippen LogP contribution < -0.4 is 5.32 Å². The summed E-state index contributed by atoms with van der Waals surface area (Å²) in [7, 11) is 1.40. The molecule has 7 heteroatoms. The van der Waals surface area contributed by atoms with Crippen molar-refractivity contribution in [1.82, 2.24) is 10.2 Å². The maximum absolute atomic E-state index is 13.2. The van der Waals surface area contributed by atoms with Gasteiger partial charge in [0.15, 0.2) is 0 Å². The average Bonchev–Trinajstić information content (AvgIpc) is 2.54. The minimum Gasteiger partial charge on any atom is -0.331 e. The van der Waals surface area contributed by atoms with E-state index in [0.29, 0.717) is 5.56 Å². The molecule has 134 valence electrons. The van der Waals surface area contributed by atoms with E-state index in [2.05, 4.69) is 5.32 Å². The van der Waals surface area contributed by atoms with Gasteiger partial charge in [0.1, 0.15) is 5.82 Å². The van der Waals surface area contributed by atoms with Crippen molar-refractivity contribution >= 4 is 6.03 Å². The van der Waals surface area contributed by atoms with Gasteiger partial charge in [0.05, 0.1) is 11.6 Å². The summed E-state index contributed by atoms with van der Waals surface area (Å²) in [5.41, 5.74) is -0.198. The summed E-state index contributed by atoms with van der Waals surface area (Å²) in [5, 5.41) is 2.64. The maximum atomic E-state index is 13.2. The molecule has 0 saturated heterocycles. The molecule has 0 aliphatic rings. The Hall–Kier alpha value is -2.57. The van der Waals surface area contributed by atoms with E-state index in [9.17, 15) is 22.4 Å². The number of carbonyl (C=O) groups is 1. The lowest BCUT2D eigenvalue weighted by atomic mass is 10.1. The Morgan fingerprint density at radius 3 is 2.48 bits per heavy atom. The Kier molecular flexibility index (Phi) is 5.66. The number of benzene rings is 2. The number of rotatable bonds is 4. The van der Waals surface area contributed by atoms with E-state index in [0.717, 1.165) is 11.0 Å². The third-order valence-corrected chi connectivity index (χ3v) is 3.77. The molecule has 2 rings (SSSR count). The van der Waals surface area contributed by atoms with Crippen molar-refractivity contribution in [3.8, 4) is 0 Å². The lowest BCUT2D eigenvalue weighted by Gasteiger charge is -2.23. The Bertz CT molecular complexity index is 746. The first-order chi connectivity index (χ1) is 11.7. The van der Waals surface area contributed by atoms with Crippen molar-refractivity contribution < 1.29 is 22.4 Å². The predicted octanol–water partition coefficient (Wildman–Crippen LogP) is 4.75. The fourth-order valence-electron chi connectivity index (χ4n) is 2.42. The number of nitrogens with one attached hydrogen (secondary N) is 1. The van der Waals surface area contributed by atoms with Crippen molar-refractivity contribution in [2.24, 2.45) is 0 Å². The smallest absolute Gasteiger partial charge is 0.331 e. The van der Waals surface area contributed by atoms with E-state index in [4.69, 9.17) is 0 Å². The topological polar surface area (TPSA) is 32.3 Å². The molecule has 1 unspecified atom stereocenters. The minimum absolute atomic E-state index is 0.00561. The summed E-state index contributed by atoms with van der Waals surface area (Å²) in [4.78, 5) is 13.4. The standard InChI is InChI=1S/C18H18F4N2O/c1-12(13-7-5-8-15(19)10-13)23-17(25)24(2)11-14-6-3-4-9-16(14)18(20,21)22/h3-10,12H,11H2,1-2H3,(H,23,25). The second kappa shape index (κ2) is 7.55. The number of hydrogen-bond donors (Lipinski definition) is 1. The van der Waals surface area contributed by atoms with Gasteiger partial charge < -0.3 is 10.2 Å². The number of carbonyl (C=O) groups excluding carboxylic acids is 1. The number of amides is 2. The van der Waals surface area contributed by atoms with Gasteiger partial charge in [-0.2, -0.15) is 13.2 Å². The van der Waals surface area contributed by atoms with E-state index in [-0.39, 0.29) is 12.1 Å². The van der Waals surface area contributed by atoms with E-state index in [1.54, 1.807) is 13.0 Å². The highest BCUT2D eigenvalue weighted by Gasteiger charge is 2.33. The fraction of sp³-hybridized carbons (Fsp3) is 0.278. The summed E-state index contributed by atoms with van der Waals surface area (Å²) in [6, 6.07) is 9.85. The average molecular weight is 354 g/mol. The Morgan fingerprint density at radius 2 is 1.84 bits per heavy atom. The van der Waals surface area contributed by atoms with Crippen LogP contribution in [0.1, 0.15) is 29.7 Å². The van der Waals surface area contributed by atoms with Crippen LogP contribution in [0.15, 0.2) is 48.5 Å². The second-order valence-corrected chi connectivity index (χ2v) is 5.74. The SMILES string of the molecule is CC(NC(=O)N(C)Cc1ccccc1C(F)(F)F)c1cccc(F)c1. The molecule has 2 aromatic rings. The van der Waals surface area contributed by atoms with Crippen molar-refractivity contribution in [2.45, 2.75) is 25.7 Å². The highest BCUT2D eigenvalue weighted by Crippen LogP contribution is 2.32. The van der Waals surface area contributed by atoms with Gasteiger partial charge >= 0.3 is 12.2 Å². The predicted molar refractivity (Wildman–Crippen MR) is 86.3 cm³/mol. The van der Waals surface area contributed by atoms with Crippen LogP contribution in [0.5, 0.6) is 0 Å². The molecular formula is C18H18F4N2O. The first-order valence-electron chi connectivity index (χ1n) is 7.60. The van der Waals surface area contributed by atoms with Crippen LogP contribution in [-0.4, -0.2) is 18.0 Å². The highest BCUT2D eigenvalue weighted by atomic mass is 19.4. The van der Waals surface area contributed by atoms with Crippen molar-refractivity contribution in [3.05, 3.63) is 71.0 Å². The van der Waals surface area contributed by atoms with Crippen LogP contribution in [0.25, 0.3) is 0 Å². The summed E-state index contributed by atoms with van der Waals surface area (Å²) in [5.74, 6) is -0.425. The van der Waals surface area contributed by atoms with Gasteiger partial charge in [-0.1, -0.05) is 30.3 Å². The van der Waals surface area contributed by atoms with Gasteiger partial charge in [-0.25, -0.2) is 9.18 Å². The molecule has 0 bridgehead atoms. The van der Waals surface area contributed by atoms with E-state index >= 15 is 0 Å². The van der Waals surface area contributed by atoms with Gasteiger partial charge in [-0.3, -0.25) is 0 Å². The number of alkyl halides is 3. The molecule has 0 aliphatic carbocycles. The summed E-state index contributed by atoms with van der Waals surface area (Å²) in [6.07, 6.45) is -4.48. The molecule has 0 spiro atoms. The number of halogens is 4. The Balaban J connectivity index is 2.06. The zero-order valence-corrected chi connectivity index (χ0v) is 13.8. The normalized spacial score (nSPS) is 12.6. The molecule has 0 radical (unpaired) electrons. The number of nitrogens with zero attached hydrogens (tertiary/aromatic N) is 1. The van der Waals surface area contributed by atoms with Gasteiger partial charge in [-0.05, 0) is 36.2 Å². The van der Waals surface area contributed by atoms with E-state index in [1.807, 2.05) is 0 Å². The third-order valence-electron chi connectivity index (χ3n) is 3.77. The van der Waals surface area contributed by atoms with Crippen molar-refractivity contribution in [3.63, 3.8) is 0 Å². The molecule has 1 N–H and O–H groups in total. The number of hydrogen-bond acceptors (Lipinski definition) is 1. The molecule has 0 saturated carbocycles. The molecule has 3 nitrogen and oxygen atoms in total. The summed E-state index contributed by atoms with van der Waals surface area (Å²) >= 11 is 0. The quantitative estimate of drug-likeness (QED) is 0.790. The van der Waals surface area contributed by atoms with Crippen LogP contribution in [0.4, 0.5) is 22.4 Å². The first-order valence-corrected chi connectivity index (χ1v) is 7.60. The van der Waals surface area contributed by atoms with Crippen LogP contribution in [0, 0.1) is 5.82 Å². The maximum Gasteiger partial charge on any atom is 0.416 e. The fourth-order valence-corrected chi connectivity index (χ4v) is 2.42. The van der Waals surface area contributed by atoms with Crippen LogP contribution in [0.3, 0.4) is 0 Å². The van der Waals surface area contributed by atoms with Crippen molar-refractivity contribution in [2.75, 3.05) is 7.05 Å². The monoisotopic (exact) mass is 354 g/mol. The largest absolute Gasteiger partial charge is 0.416 e. The van der Waals surface area contributed by atoms with Gasteiger partial charge in [0.2, 0.25) is 0 Å². The molecule has 2 amide bonds. The molecule has 1 atom stereocenters. The van der Waals surface area contributed by atoms with Gasteiger partial charge in [-0.15, -0.1) is 0 Å².